The highest BCUT2D eigenvalue weighted by atomic mass is 16.3. The molecule has 2 aromatic carbocycles. The van der Waals surface area contributed by atoms with Crippen molar-refractivity contribution in [1.29, 1.82) is 0 Å². The van der Waals surface area contributed by atoms with Gasteiger partial charge in [-0.25, -0.2) is 0 Å². The molecule has 0 saturated carbocycles. The Morgan fingerprint density at radius 2 is 1.63 bits per heavy atom. The number of aliphatic hydroxyl groups is 1. The zero-order chi connectivity index (χ0) is 13.7. The summed E-state index contributed by atoms with van der Waals surface area (Å²) in [6, 6.07) is 18.7. The lowest BCUT2D eigenvalue weighted by Crippen LogP contribution is -2.27. The van der Waals surface area contributed by atoms with Gasteiger partial charge >= 0.3 is 0 Å². The maximum atomic E-state index is 10.2. The highest BCUT2D eigenvalue weighted by Gasteiger charge is 2.08. The molecule has 1 atom stereocenters. The second kappa shape index (κ2) is 6.50. The minimum atomic E-state index is -0.467. The topological polar surface area (TPSA) is 32.3 Å². The molecule has 2 heteroatoms. The smallest absolute Gasteiger partial charge is 0.0914 e. The van der Waals surface area contributed by atoms with Gasteiger partial charge in [-0.2, -0.15) is 0 Å². The zero-order valence-corrected chi connectivity index (χ0v) is 11.5. The Morgan fingerprint density at radius 3 is 2.32 bits per heavy atom. The molecule has 0 fully saturated rings. The van der Waals surface area contributed by atoms with E-state index in [0.717, 1.165) is 11.1 Å². The Bertz CT molecular complexity index is 508. The fourth-order valence-corrected chi connectivity index (χ4v) is 2.02. The van der Waals surface area contributed by atoms with Crippen LogP contribution in [-0.2, 0) is 0 Å². The van der Waals surface area contributed by atoms with Crippen molar-refractivity contribution < 1.29 is 5.11 Å². The first-order valence-corrected chi connectivity index (χ1v) is 6.73. The van der Waals surface area contributed by atoms with E-state index in [1.165, 1.54) is 5.56 Å². The Hall–Kier alpha value is -1.64. The minimum absolute atomic E-state index is 0.381. The molecule has 0 aliphatic carbocycles. The molecule has 0 spiro atoms. The number of nitrogens with one attached hydrogen (secondary N) is 1. The number of rotatable bonds is 5. The van der Waals surface area contributed by atoms with E-state index < -0.39 is 6.10 Å². The first kappa shape index (κ1) is 13.8. The van der Waals surface area contributed by atoms with Gasteiger partial charge in [0, 0.05) is 12.6 Å². The van der Waals surface area contributed by atoms with Crippen molar-refractivity contribution in [3.05, 3.63) is 60.2 Å². The van der Waals surface area contributed by atoms with Gasteiger partial charge in [0.1, 0.15) is 0 Å². The van der Waals surface area contributed by atoms with Crippen molar-refractivity contribution in [2.45, 2.75) is 26.0 Å². The molecule has 2 aromatic rings. The molecule has 0 saturated heterocycles. The molecular weight excluding hydrogens is 234 g/mol. The number of benzene rings is 2. The van der Waals surface area contributed by atoms with Gasteiger partial charge in [0.15, 0.2) is 0 Å². The summed E-state index contributed by atoms with van der Waals surface area (Å²) in [6.07, 6.45) is -0.467. The second-order valence-corrected chi connectivity index (χ2v) is 5.07. The zero-order valence-electron chi connectivity index (χ0n) is 11.5. The van der Waals surface area contributed by atoms with Crippen LogP contribution >= 0.6 is 0 Å². The Balaban J connectivity index is 2.15. The van der Waals surface area contributed by atoms with Crippen molar-refractivity contribution in [3.8, 4) is 11.1 Å². The van der Waals surface area contributed by atoms with Gasteiger partial charge in [0.2, 0.25) is 0 Å². The molecule has 0 bridgehead atoms. The van der Waals surface area contributed by atoms with Gasteiger partial charge in [-0.1, -0.05) is 62.4 Å². The molecule has 0 radical (unpaired) electrons. The third-order valence-corrected chi connectivity index (χ3v) is 3.10. The molecular formula is C17H21NO. The van der Waals surface area contributed by atoms with Gasteiger partial charge in [0.25, 0.3) is 0 Å². The van der Waals surface area contributed by atoms with Crippen molar-refractivity contribution in [3.63, 3.8) is 0 Å². The molecule has 2 N–H and O–H groups in total. The Labute approximate surface area is 115 Å². The summed E-state index contributed by atoms with van der Waals surface area (Å²) in [5.74, 6) is 0. The molecule has 0 aliphatic heterocycles. The van der Waals surface area contributed by atoms with Crippen LogP contribution in [0.1, 0.15) is 25.5 Å². The third kappa shape index (κ3) is 3.91. The monoisotopic (exact) mass is 255 g/mol. The average Bonchev–Trinajstić information content (AvgIpc) is 2.46. The van der Waals surface area contributed by atoms with Crippen LogP contribution < -0.4 is 5.32 Å². The molecule has 2 nitrogen and oxygen atoms in total. The van der Waals surface area contributed by atoms with Crippen LogP contribution in [0.15, 0.2) is 54.6 Å². The van der Waals surface area contributed by atoms with Crippen LogP contribution in [-0.4, -0.2) is 17.7 Å². The van der Waals surface area contributed by atoms with Gasteiger partial charge in [-0.3, -0.25) is 0 Å². The van der Waals surface area contributed by atoms with Gasteiger partial charge in [-0.05, 0) is 22.8 Å². The van der Waals surface area contributed by atoms with Crippen molar-refractivity contribution in [1.82, 2.24) is 5.32 Å². The molecule has 100 valence electrons. The predicted molar refractivity (Wildman–Crippen MR) is 80.0 cm³/mol. The lowest BCUT2D eigenvalue weighted by atomic mass is 10.0. The standard InChI is InChI=1S/C17H21NO/c1-13(2)18-12-17(19)16-10-6-9-15(11-16)14-7-4-3-5-8-14/h3-11,13,17-19H,12H2,1-2H3. The van der Waals surface area contributed by atoms with E-state index in [2.05, 4.69) is 43.4 Å². The second-order valence-electron chi connectivity index (χ2n) is 5.07. The molecule has 2 rings (SSSR count). The molecule has 1 unspecified atom stereocenters. The average molecular weight is 255 g/mol. The Morgan fingerprint density at radius 1 is 0.947 bits per heavy atom. The van der Waals surface area contributed by atoms with Crippen LogP contribution in [0.4, 0.5) is 0 Å². The van der Waals surface area contributed by atoms with Gasteiger partial charge in [-0.15, -0.1) is 0 Å². The van der Waals surface area contributed by atoms with E-state index in [0.29, 0.717) is 12.6 Å². The molecule has 0 aromatic heterocycles. The van der Waals surface area contributed by atoms with E-state index >= 15 is 0 Å². The number of hydrogen-bond acceptors (Lipinski definition) is 2. The quantitative estimate of drug-likeness (QED) is 0.858. The van der Waals surface area contributed by atoms with Crippen LogP contribution in [0.2, 0.25) is 0 Å². The maximum Gasteiger partial charge on any atom is 0.0914 e. The van der Waals surface area contributed by atoms with Crippen LogP contribution in [0.3, 0.4) is 0 Å². The van der Waals surface area contributed by atoms with E-state index in [4.69, 9.17) is 0 Å². The maximum absolute atomic E-state index is 10.2. The van der Waals surface area contributed by atoms with Gasteiger partial charge < -0.3 is 10.4 Å². The molecule has 0 heterocycles. The van der Waals surface area contributed by atoms with Gasteiger partial charge in [0.05, 0.1) is 6.10 Å². The fourth-order valence-electron chi connectivity index (χ4n) is 2.02. The van der Waals surface area contributed by atoms with E-state index in [-0.39, 0.29) is 0 Å². The fraction of sp³-hybridized carbons (Fsp3) is 0.294. The summed E-state index contributed by atoms with van der Waals surface area (Å²) in [6.45, 7) is 4.73. The highest BCUT2D eigenvalue weighted by molar-refractivity contribution is 5.64. The normalized spacial score (nSPS) is 12.6. The minimum Gasteiger partial charge on any atom is -0.387 e. The van der Waals surface area contributed by atoms with Crippen molar-refractivity contribution in [2.75, 3.05) is 6.54 Å². The van der Waals surface area contributed by atoms with Crippen molar-refractivity contribution in [2.24, 2.45) is 0 Å². The third-order valence-electron chi connectivity index (χ3n) is 3.10. The summed E-state index contributed by atoms with van der Waals surface area (Å²) in [4.78, 5) is 0. The SMILES string of the molecule is CC(C)NCC(O)c1cccc(-c2ccccc2)c1. The Kier molecular flexibility index (Phi) is 4.72. The van der Waals surface area contributed by atoms with E-state index in [1.54, 1.807) is 0 Å². The molecule has 0 amide bonds. The summed E-state index contributed by atoms with van der Waals surface area (Å²) in [7, 11) is 0. The lowest BCUT2D eigenvalue weighted by Gasteiger charge is -2.15. The molecule has 0 aliphatic rings. The lowest BCUT2D eigenvalue weighted by molar-refractivity contribution is 0.171. The van der Waals surface area contributed by atoms with Crippen molar-refractivity contribution >= 4 is 0 Å². The van der Waals surface area contributed by atoms with Crippen LogP contribution in [0.5, 0.6) is 0 Å². The summed E-state index contributed by atoms with van der Waals surface area (Å²) < 4.78 is 0. The largest absolute Gasteiger partial charge is 0.387 e. The summed E-state index contributed by atoms with van der Waals surface area (Å²) >= 11 is 0. The number of hydrogen-bond donors (Lipinski definition) is 2. The van der Waals surface area contributed by atoms with E-state index in [1.807, 2.05) is 30.3 Å². The first-order valence-electron chi connectivity index (χ1n) is 6.73. The number of aliphatic hydroxyl groups excluding tert-OH is 1. The van der Waals surface area contributed by atoms with E-state index in [9.17, 15) is 5.11 Å². The predicted octanol–water partition coefficient (Wildman–Crippen LogP) is 3.39. The highest BCUT2D eigenvalue weighted by Crippen LogP contribution is 2.22. The first-order chi connectivity index (χ1) is 9.16. The summed E-state index contributed by atoms with van der Waals surface area (Å²) in [5.41, 5.74) is 3.27. The molecule has 19 heavy (non-hydrogen) atoms. The summed E-state index contributed by atoms with van der Waals surface area (Å²) in [5, 5.41) is 13.4. The van der Waals surface area contributed by atoms with Crippen LogP contribution in [0, 0.1) is 0 Å². The van der Waals surface area contributed by atoms with Crippen LogP contribution in [0.25, 0.3) is 11.1 Å².